The van der Waals surface area contributed by atoms with E-state index < -0.39 is 5.63 Å². The highest BCUT2D eigenvalue weighted by Crippen LogP contribution is 2.18. The van der Waals surface area contributed by atoms with E-state index in [4.69, 9.17) is 4.42 Å². The topological polar surface area (TPSA) is 90.0 Å². The normalized spacial score (nSPS) is 10.9. The first-order valence-electron chi connectivity index (χ1n) is 8.34. The lowest BCUT2D eigenvalue weighted by atomic mass is 10.2. The predicted molar refractivity (Wildman–Crippen MR) is 101 cm³/mol. The number of hydrogen-bond acceptors (Lipinski definition) is 5. The standard InChI is InChI=1S/C20H16N4O3/c1-12-9-13(2)24(23-12)18-7-3-15(11-21-18)20(26)22-16-5-6-17-14(10-16)4-8-19(25)27-17/h3-11H,1-2H3,(H,22,26). The SMILES string of the molecule is Cc1cc(C)n(-c2ccc(C(=O)Nc3ccc4oc(=O)ccc4c3)cn2)n1. The summed E-state index contributed by atoms with van der Waals surface area (Å²) in [5.41, 5.74) is 2.97. The van der Waals surface area contributed by atoms with Crippen molar-refractivity contribution >= 4 is 22.6 Å². The average molecular weight is 360 g/mol. The molecule has 0 saturated carbocycles. The summed E-state index contributed by atoms with van der Waals surface area (Å²) < 4.78 is 6.82. The molecule has 0 fully saturated rings. The summed E-state index contributed by atoms with van der Waals surface area (Å²) in [6.07, 6.45) is 1.52. The molecule has 1 aromatic carbocycles. The number of rotatable bonds is 3. The van der Waals surface area contributed by atoms with Crippen LogP contribution in [0, 0.1) is 13.8 Å². The van der Waals surface area contributed by atoms with Gasteiger partial charge in [0.1, 0.15) is 5.58 Å². The van der Waals surface area contributed by atoms with Crippen LogP contribution in [-0.2, 0) is 0 Å². The summed E-state index contributed by atoms with van der Waals surface area (Å²) in [5.74, 6) is 0.372. The number of pyridine rings is 1. The third-order valence-electron chi connectivity index (χ3n) is 4.11. The summed E-state index contributed by atoms with van der Waals surface area (Å²) in [6.45, 7) is 3.87. The molecule has 0 radical (unpaired) electrons. The van der Waals surface area contributed by atoms with Crippen molar-refractivity contribution in [3.63, 3.8) is 0 Å². The maximum absolute atomic E-state index is 12.5. The van der Waals surface area contributed by atoms with Gasteiger partial charge in [0.25, 0.3) is 5.91 Å². The first kappa shape index (κ1) is 16.7. The van der Waals surface area contributed by atoms with Crippen LogP contribution in [0.15, 0.2) is 63.9 Å². The van der Waals surface area contributed by atoms with Crippen molar-refractivity contribution in [1.82, 2.24) is 14.8 Å². The van der Waals surface area contributed by atoms with Crippen LogP contribution in [0.25, 0.3) is 16.8 Å². The smallest absolute Gasteiger partial charge is 0.336 e. The van der Waals surface area contributed by atoms with Gasteiger partial charge >= 0.3 is 5.63 Å². The van der Waals surface area contributed by atoms with Crippen LogP contribution in [0.3, 0.4) is 0 Å². The Bertz CT molecular complexity index is 1210. The summed E-state index contributed by atoms with van der Waals surface area (Å²) in [5, 5.41) is 7.93. The number of hydrogen-bond donors (Lipinski definition) is 1. The second kappa shape index (κ2) is 6.53. The summed E-state index contributed by atoms with van der Waals surface area (Å²) in [7, 11) is 0. The third kappa shape index (κ3) is 3.35. The maximum Gasteiger partial charge on any atom is 0.336 e. The molecule has 0 aliphatic heterocycles. The number of benzene rings is 1. The molecule has 27 heavy (non-hydrogen) atoms. The van der Waals surface area contributed by atoms with E-state index in [-0.39, 0.29) is 5.91 Å². The van der Waals surface area contributed by atoms with E-state index in [1.165, 1.54) is 12.3 Å². The van der Waals surface area contributed by atoms with Gasteiger partial charge in [-0.15, -0.1) is 0 Å². The number of amides is 1. The molecule has 134 valence electrons. The third-order valence-corrected chi connectivity index (χ3v) is 4.11. The van der Waals surface area contributed by atoms with E-state index in [1.807, 2.05) is 19.9 Å². The molecule has 7 nitrogen and oxygen atoms in total. The van der Waals surface area contributed by atoms with E-state index in [9.17, 15) is 9.59 Å². The highest BCUT2D eigenvalue weighted by atomic mass is 16.4. The molecular weight excluding hydrogens is 344 g/mol. The van der Waals surface area contributed by atoms with Gasteiger partial charge in [0.15, 0.2) is 5.82 Å². The zero-order chi connectivity index (χ0) is 19.0. The lowest BCUT2D eigenvalue weighted by molar-refractivity contribution is 0.102. The van der Waals surface area contributed by atoms with E-state index in [0.717, 1.165) is 16.8 Å². The minimum absolute atomic E-state index is 0.279. The largest absolute Gasteiger partial charge is 0.423 e. The zero-order valence-corrected chi connectivity index (χ0v) is 14.8. The molecule has 0 saturated heterocycles. The fourth-order valence-corrected chi connectivity index (χ4v) is 2.86. The van der Waals surface area contributed by atoms with Crippen LogP contribution in [-0.4, -0.2) is 20.7 Å². The van der Waals surface area contributed by atoms with Crippen molar-refractivity contribution in [2.45, 2.75) is 13.8 Å². The Morgan fingerprint density at radius 3 is 2.63 bits per heavy atom. The number of nitrogens with one attached hydrogen (secondary N) is 1. The van der Waals surface area contributed by atoms with E-state index in [0.29, 0.717) is 22.7 Å². The summed E-state index contributed by atoms with van der Waals surface area (Å²) in [4.78, 5) is 28.0. The van der Waals surface area contributed by atoms with Crippen LogP contribution in [0.2, 0.25) is 0 Å². The molecule has 0 bridgehead atoms. The Balaban J connectivity index is 1.55. The Hall–Kier alpha value is -3.74. The lowest BCUT2D eigenvalue weighted by Gasteiger charge is -2.07. The minimum Gasteiger partial charge on any atom is -0.423 e. The van der Waals surface area contributed by atoms with Crippen LogP contribution in [0.4, 0.5) is 5.69 Å². The Kier molecular flexibility index (Phi) is 4.04. The molecule has 0 aliphatic rings. The van der Waals surface area contributed by atoms with Crippen molar-refractivity contribution < 1.29 is 9.21 Å². The minimum atomic E-state index is -0.409. The van der Waals surface area contributed by atoms with E-state index in [1.54, 1.807) is 41.1 Å². The second-order valence-electron chi connectivity index (χ2n) is 6.21. The van der Waals surface area contributed by atoms with Crippen molar-refractivity contribution in [3.8, 4) is 5.82 Å². The monoisotopic (exact) mass is 360 g/mol. The van der Waals surface area contributed by atoms with Gasteiger partial charge in [-0.2, -0.15) is 5.10 Å². The molecular formula is C20H16N4O3. The van der Waals surface area contributed by atoms with Crippen LogP contribution < -0.4 is 10.9 Å². The maximum atomic E-state index is 12.5. The lowest BCUT2D eigenvalue weighted by Crippen LogP contribution is -2.13. The van der Waals surface area contributed by atoms with Gasteiger partial charge < -0.3 is 9.73 Å². The molecule has 4 aromatic rings. The first-order chi connectivity index (χ1) is 13.0. The number of anilines is 1. The van der Waals surface area contributed by atoms with Gasteiger partial charge in [-0.25, -0.2) is 14.5 Å². The fourth-order valence-electron chi connectivity index (χ4n) is 2.86. The molecule has 0 atom stereocenters. The fraction of sp³-hybridized carbons (Fsp3) is 0.100. The summed E-state index contributed by atoms with van der Waals surface area (Å²) in [6, 6.07) is 13.5. The Morgan fingerprint density at radius 2 is 1.93 bits per heavy atom. The first-order valence-corrected chi connectivity index (χ1v) is 8.34. The van der Waals surface area contributed by atoms with Crippen molar-refractivity contribution in [2.75, 3.05) is 5.32 Å². The number of aromatic nitrogens is 3. The quantitative estimate of drug-likeness (QED) is 0.567. The molecule has 0 unspecified atom stereocenters. The van der Waals surface area contributed by atoms with Crippen molar-refractivity contribution in [2.24, 2.45) is 0 Å². The number of aryl methyl sites for hydroxylation is 2. The van der Waals surface area contributed by atoms with Gasteiger partial charge in [-0.05, 0) is 56.3 Å². The zero-order valence-electron chi connectivity index (χ0n) is 14.8. The van der Waals surface area contributed by atoms with E-state index in [2.05, 4.69) is 15.4 Å². The molecule has 3 aromatic heterocycles. The summed E-state index contributed by atoms with van der Waals surface area (Å²) >= 11 is 0. The molecule has 1 amide bonds. The number of fused-ring (bicyclic) bond motifs is 1. The van der Waals surface area contributed by atoms with Gasteiger partial charge in [0, 0.05) is 29.0 Å². The van der Waals surface area contributed by atoms with Gasteiger partial charge in [0.05, 0.1) is 11.3 Å². The average Bonchev–Trinajstić information content (AvgIpc) is 3.00. The van der Waals surface area contributed by atoms with Gasteiger partial charge in [-0.1, -0.05) is 0 Å². The van der Waals surface area contributed by atoms with Crippen molar-refractivity contribution in [1.29, 1.82) is 0 Å². The predicted octanol–water partition coefficient (Wildman–Crippen LogP) is 3.24. The van der Waals surface area contributed by atoms with Gasteiger partial charge in [-0.3, -0.25) is 4.79 Å². The highest BCUT2D eigenvalue weighted by Gasteiger charge is 2.10. The van der Waals surface area contributed by atoms with Crippen molar-refractivity contribution in [3.05, 3.63) is 82.1 Å². The molecule has 0 aliphatic carbocycles. The number of nitrogens with zero attached hydrogens (tertiary/aromatic N) is 3. The molecule has 7 heteroatoms. The van der Waals surface area contributed by atoms with Crippen LogP contribution in [0.5, 0.6) is 0 Å². The van der Waals surface area contributed by atoms with Gasteiger partial charge in [0.2, 0.25) is 0 Å². The number of carbonyl (C=O) groups excluding carboxylic acids is 1. The Labute approximate surface area is 154 Å². The molecule has 0 spiro atoms. The van der Waals surface area contributed by atoms with Crippen LogP contribution >= 0.6 is 0 Å². The molecule has 4 rings (SSSR count). The Morgan fingerprint density at radius 1 is 1.07 bits per heavy atom. The highest BCUT2D eigenvalue weighted by molar-refractivity contribution is 6.04. The molecule has 3 heterocycles. The van der Waals surface area contributed by atoms with E-state index >= 15 is 0 Å². The molecule has 1 N–H and O–H groups in total. The number of carbonyl (C=O) groups is 1. The second-order valence-corrected chi connectivity index (χ2v) is 6.21. The van der Waals surface area contributed by atoms with Crippen LogP contribution in [0.1, 0.15) is 21.7 Å².